The van der Waals surface area contributed by atoms with Crippen molar-refractivity contribution in [3.05, 3.63) is 258 Å². The molecule has 9 fully saturated rings. The number of anilines is 1. The van der Waals surface area contributed by atoms with Crippen LogP contribution >= 0.6 is 0 Å². The quantitative estimate of drug-likeness (QED) is 0.0257. The maximum absolute atomic E-state index is 10.2. The van der Waals surface area contributed by atoms with E-state index in [9.17, 15) is 35.7 Å². The van der Waals surface area contributed by atoms with Crippen molar-refractivity contribution in [2.45, 2.75) is 328 Å². The van der Waals surface area contributed by atoms with E-state index in [2.05, 4.69) is 261 Å². The molecule has 9 atom stereocenters. The molecule has 28 heteroatoms. The van der Waals surface area contributed by atoms with E-state index in [1.807, 2.05) is 36.4 Å². The summed E-state index contributed by atoms with van der Waals surface area (Å²) < 4.78 is 42.6. The van der Waals surface area contributed by atoms with E-state index in [4.69, 9.17) is 54.3 Å². The fraction of sp³-hybridized carbons (Fsp3) is 0.612. The minimum atomic E-state index is -0.817. The molecule has 3 unspecified atom stereocenters. The fourth-order valence-corrected chi connectivity index (χ4v) is 18.6. The molecule has 792 valence electrons. The van der Waals surface area contributed by atoms with Crippen LogP contribution in [0.5, 0.6) is 0 Å². The Morgan fingerprint density at radius 2 is 0.562 bits per heavy atom. The molecule has 9 saturated heterocycles. The van der Waals surface area contributed by atoms with Gasteiger partial charge in [0.15, 0.2) is 0 Å². The van der Waals surface area contributed by atoms with E-state index in [1.165, 1.54) is 16.8 Å². The minimum Gasteiger partial charge on any atom is -0.391 e. The van der Waals surface area contributed by atoms with Crippen molar-refractivity contribution in [1.82, 2.24) is 49.8 Å². The number of aliphatic hydroxyl groups is 7. The zero-order chi connectivity index (χ0) is 104. The molecule has 9 aromatic rings. The average Bonchev–Trinajstić information content (AvgIpc) is 1.74. The highest BCUT2D eigenvalue weighted by Crippen LogP contribution is 2.39. The average molecular weight is 1990 g/mol. The van der Waals surface area contributed by atoms with Crippen LogP contribution in [0.1, 0.15) is 395 Å². The summed E-state index contributed by atoms with van der Waals surface area (Å²) in [5.74, 6) is 6.06. The Morgan fingerprint density at radius 1 is 0.319 bits per heavy atom. The van der Waals surface area contributed by atoms with Gasteiger partial charge in [-0.15, -0.1) is 0 Å². The van der Waals surface area contributed by atoms with E-state index in [1.54, 1.807) is 18.6 Å². The molecule has 0 radical (unpaired) electrons. The van der Waals surface area contributed by atoms with Crippen LogP contribution in [0.2, 0.25) is 0 Å². The molecule has 0 aromatic carbocycles. The first-order valence-corrected chi connectivity index (χ1v) is 52.9. The molecular weight excluding hydrogens is 1820 g/mol. The lowest BCUT2D eigenvalue weighted by atomic mass is 9.94. The largest absolute Gasteiger partial charge is 0.391 e. The van der Waals surface area contributed by atoms with Crippen LogP contribution in [0.4, 0.5) is 5.69 Å². The number of ether oxygens (including phenoxy) is 8. The Morgan fingerprint density at radius 3 is 0.757 bits per heavy atom. The molecule has 0 amide bonds. The highest BCUT2D eigenvalue weighted by molar-refractivity contribution is 5.53. The molecule has 11 N–H and O–H groups in total. The summed E-state index contributed by atoms with van der Waals surface area (Å²) in [6.45, 7) is 53.0. The highest BCUT2D eigenvalue weighted by atomic mass is 16.5. The van der Waals surface area contributed by atoms with E-state index >= 15 is 0 Å². The number of aliphatic hydroxyl groups excluding tert-OH is 4. The zero-order valence-corrected chi connectivity index (χ0v) is 90.1. The van der Waals surface area contributed by atoms with Gasteiger partial charge >= 0.3 is 0 Å². The van der Waals surface area contributed by atoms with E-state index < -0.39 is 16.8 Å². The number of nitrogens with two attached hydrogens (primary N) is 2. The number of pyridine rings is 9. The van der Waals surface area contributed by atoms with Crippen molar-refractivity contribution in [3.8, 4) is 0 Å². The Balaban J connectivity index is 0.000000166. The van der Waals surface area contributed by atoms with Crippen molar-refractivity contribution in [1.29, 1.82) is 0 Å². The number of hydrogen-bond donors (Lipinski definition) is 9. The molecule has 0 aliphatic carbocycles. The van der Waals surface area contributed by atoms with Crippen LogP contribution in [0.3, 0.4) is 0 Å². The molecule has 0 saturated carbocycles. The third kappa shape index (κ3) is 34.0. The Bertz CT molecular complexity index is 4670. The van der Waals surface area contributed by atoms with Crippen molar-refractivity contribution < 1.29 is 73.6 Å². The normalized spacial score (nSPS) is 22.2. The molecule has 144 heavy (non-hydrogen) atoms. The van der Waals surface area contributed by atoms with Gasteiger partial charge in [0.25, 0.3) is 0 Å². The van der Waals surface area contributed by atoms with Gasteiger partial charge in [0.05, 0.1) is 119 Å². The summed E-state index contributed by atoms with van der Waals surface area (Å²) in [6.07, 6.45) is 13.2. The molecule has 0 spiro atoms. The van der Waals surface area contributed by atoms with E-state index in [0.29, 0.717) is 155 Å². The summed E-state index contributed by atoms with van der Waals surface area (Å²) in [6, 6.07) is 37.2. The predicted octanol–water partition coefficient (Wildman–Crippen LogP) is 18.2. The standard InChI is InChI=1S/C15H25N3O.2C13H20N2O.3C13H19NO2.3C12H17NO2/c1-11(2)13-5-6-15(14(16-13)10-17(3)4)18-8-7-12(19)9-18;2*1-9(2)12-4-3-11(13(7-14)15-12)10-5-6-16-8-10;3*1-9(2)12-4-3-11(13(7-15)14-12)10-5-6-16-8-10;3*1-9(2)11-4-3-10(7-13-11)12(14)5-6-15-8-12/h5-6,11-12,19H,7-10H2,1-4H3;2*3-4,9-10H,5-8,14H2,1-2H3;3*3-4,9-10,15H,5-8H2,1-2H3;3*3-4,7,9,14H,5-6,8H2,1-2H3/t;4*10-;;2*12-;/m.1010.10./s1. The Hall–Kier alpha value is -8.57. The number of hydrogen-bond acceptors (Lipinski definition) is 28. The summed E-state index contributed by atoms with van der Waals surface area (Å²) in [4.78, 5) is 45.2. The topological polar surface area (TPSA) is 390 Å². The van der Waals surface area contributed by atoms with Gasteiger partial charge in [-0.25, -0.2) is 0 Å². The Labute approximate surface area is 858 Å². The molecule has 0 bridgehead atoms. The molecule has 9 aliphatic heterocycles. The Kier molecular flexibility index (Phi) is 47.1. The van der Waals surface area contributed by atoms with Crippen LogP contribution in [-0.4, -0.2) is 225 Å². The number of rotatable bonds is 25. The lowest BCUT2D eigenvalue weighted by Gasteiger charge is -2.23. The van der Waals surface area contributed by atoms with Gasteiger partial charge in [0.1, 0.15) is 16.8 Å². The fourth-order valence-electron chi connectivity index (χ4n) is 18.6. The van der Waals surface area contributed by atoms with Gasteiger partial charge in [-0.3, -0.25) is 44.9 Å². The molecule has 9 aliphatic rings. The maximum Gasteiger partial charge on any atom is 0.117 e. The van der Waals surface area contributed by atoms with Gasteiger partial charge in [0, 0.05) is 221 Å². The summed E-state index contributed by atoms with van der Waals surface area (Å²) >= 11 is 0. The first kappa shape index (κ1) is 117. The van der Waals surface area contributed by atoms with Gasteiger partial charge in [-0.2, -0.15) is 0 Å². The zero-order valence-electron chi connectivity index (χ0n) is 90.1. The van der Waals surface area contributed by atoms with E-state index in [-0.39, 0.29) is 25.9 Å². The molecule has 18 heterocycles. The first-order valence-electron chi connectivity index (χ1n) is 52.9. The number of aromatic nitrogens is 9. The van der Waals surface area contributed by atoms with E-state index in [0.717, 1.165) is 243 Å². The van der Waals surface area contributed by atoms with Crippen LogP contribution < -0.4 is 16.4 Å². The number of β-amino-alcohol motifs (C(OH)–C–C–N with tert-alkyl or cyclic N) is 1. The third-order valence-electron chi connectivity index (χ3n) is 28.1. The smallest absolute Gasteiger partial charge is 0.117 e. The van der Waals surface area contributed by atoms with Crippen LogP contribution in [-0.2, 0) is 94.2 Å². The van der Waals surface area contributed by atoms with Crippen molar-refractivity contribution in [2.75, 3.05) is 138 Å². The molecular formula is C116H173N13O15. The van der Waals surface area contributed by atoms with Crippen molar-refractivity contribution in [2.24, 2.45) is 11.5 Å². The second kappa shape index (κ2) is 57.8. The lowest BCUT2D eigenvalue weighted by Crippen LogP contribution is -2.25. The lowest BCUT2D eigenvalue weighted by molar-refractivity contribution is 0.0227. The second-order valence-corrected chi connectivity index (χ2v) is 42.7. The highest BCUT2D eigenvalue weighted by Gasteiger charge is 2.38. The van der Waals surface area contributed by atoms with Crippen LogP contribution in [0.15, 0.2) is 128 Å². The molecule has 28 nitrogen and oxygen atoms in total. The summed E-state index contributed by atoms with van der Waals surface area (Å²) in [5.41, 5.74) is 34.3. The van der Waals surface area contributed by atoms with Gasteiger partial charge in [-0.05, 0) is 194 Å². The number of nitrogens with zero attached hydrogens (tertiary/aromatic N) is 11. The first-order chi connectivity index (χ1) is 68.9. The summed E-state index contributed by atoms with van der Waals surface area (Å²) in [7, 11) is 4.12. The van der Waals surface area contributed by atoms with Gasteiger partial charge < -0.3 is 94.9 Å². The van der Waals surface area contributed by atoms with Crippen molar-refractivity contribution in [3.63, 3.8) is 0 Å². The van der Waals surface area contributed by atoms with Crippen molar-refractivity contribution >= 4 is 5.69 Å². The molecule has 9 aromatic heterocycles. The molecule has 18 rings (SSSR count). The van der Waals surface area contributed by atoms with Gasteiger partial charge in [0.2, 0.25) is 0 Å². The summed E-state index contributed by atoms with van der Waals surface area (Å²) in [5, 5.41) is 68.5. The second-order valence-electron chi connectivity index (χ2n) is 42.7. The minimum absolute atomic E-state index is 0.0202. The third-order valence-corrected chi connectivity index (χ3v) is 28.1. The maximum atomic E-state index is 10.2. The SMILES string of the molecule is CC(C)c1ccc(C2(O)CCOC2)cn1.CC(C)c1ccc(C2CCOC2)c(CO)n1.CC(C)c1ccc(N2CCC(O)C2)c(CN(C)C)n1.CC(C)c1ccc([C@@H]2CCOC2)c(CN)n1.CC(C)c1ccc([C@@H]2CCOC2)c(CO)n1.CC(C)c1ccc([C@@]2(O)CCOC2)cn1.CC(C)c1ccc([C@H]2CCOC2)c(CN)n1.CC(C)c1ccc([C@H]2CCOC2)c(CO)n1.CC(C)c1ccc([C@]2(O)CCOC2)cn1. The van der Waals surface area contributed by atoms with Gasteiger partial charge in [-0.1, -0.05) is 173 Å². The monoisotopic (exact) mass is 1990 g/mol. The van der Waals surface area contributed by atoms with Crippen LogP contribution in [0, 0.1) is 0 Å². The predicted molar refractivity (Wildman–Crippen MR) is 568 cm³/mol. The van der Waals surface area contributed by atoms with Crippen LogP contribution in [0.25, 0.3) is 0 Å².